The van der Waals surface area contributed by atoms with Crippen LogP contribution in [-0.4, -0.2) is 32.9 Å². The fourth-order valence-corrected chi connectivity index (χ4v) is 2.41. The molecule has 0 amide bonds. The molecule has 0 aliphatic heterocycles. The quantitative estimate of drug-likeness (QED) is 0.577. The minimum Gasteiger partial charge on any atom is -0.493 e. The molecule has 2 aromatic carbocycles. The van der Waals surface area contributed by atoms with Gasteiger partial charge in [-0.05, 0) is 30.9 Å². The summed E-state index contributed by atoms with van der Waals surface area (Å²) in [5, 5.41) is 2.01. The Kier molecular flexibility index (Phi) is 5.78. The molecule has 0 aliphatic rings. The van der Waals surface area contributed by atoms with E-state index in [1.165, 1.54) is 0 Å². The van der Waals surface area contributed by atoms with Gasteiger partial charge in [0.15, 0.2) is 0 Å². The Hall–Kier alpha value is -2.07. The highest BCUT2D eigenvalue weighted by atomic mass is 16.5. The van der Waals surface area contributed by atoms with Gasteiger partial charge in [-0.2, -0.15) is 0 Å². The first-order chi connectivity index (χ1) is 10.7. The third-order valence-electron chi connectivity index (χ3n) is 3.52. The van der Waals surface area contributed by atoms with Crippen LogP contribution < -0.4 is 4.74 Å². The summed E-state index contributed by atoms with van der Waals surface area (Å²) in [5.74, 6) is 0.396. The van der Waals surface area contributed by atoms with E-state index >= 15 is 0 Å². The van der Waals surface area contributed by atoms with Crippen molar-refractivity contribution in [3.05, 3.63) is 41.5 Å². The van der Waals surface area contributed by atoms with Crippen LogP contribution in [0.15, 0.2) is 30.3 Å². The third kappa shape index (κ3) is 3.57. The van der Waals surface area contributed by atoms with E-state index in [4.69, 9.17) is 14.2 Å². The number of hydrogen-bond acceptors (Lipinski definition) is 4. The fourth-order valence-electron chi connectivity index (χ4n) is 2.41. The van der Waals surface area contributed by atoms with Gasteiger partial charge in [0.1, 0.15) is 5.75 Å². The van der Waals surface area contributed by atoms with Gasteiger partial charge in [-0.15, -0.1) is 0 Å². The zero-order valence-corrected chi connectivity index (χ0v) is 13.3. The molecule has 0 atom stereocenters. The summed E-state index contributed by atoms with van der Waals surface area (Å²) in [6, 6.07) is 9.70. The Labute approximate surface area is 131 Å². The maximum Gasteiger partial charge on any atom is 0.338 e. The highest BCUT2D eigenvalue weighted by Gasteiger charge is 2.16. The second-order valence-corrected chi connectivity index (χ2v) is 5.01. The standard InChI is InChI=1S/C18H22O4/c1-4-21-18(19)16-12-17(22-11-7-10-20-3)15-9-6-5-8-14(15)13(16)2/h5-6,8-9,12H,4,7,10-11H2,1-3H3. The van der Waals surface area contributed by atoms with Gasteiger partial charge in [0.05, 0.1) is 18.8 Å². The fraction of sp³-hybridized carbons (Fsp3) is 0.389. The average Bonchev–Trinajstić information content (AvgIpc) is 2.53. The van der Waals surface area contributed by atoms with Crippen LogP contribution >= 0.6 is 0 Å². The Morgan fingerprint density at radius 3 is 2.55 bits per heavy atom. The van der Waals surface area contributed by atoms with Gasteiger partial charge in [-0.3, -0.25) is 0 Å². The van der Waals surface area contributed by atoms with Crippen LogP contribution in [0.1, 0.15) is 29.3 Å². The van der Waals surface area contributed by atoms with E-state index in [2.05, 4.69) is 0 Å². The summed E-state index contributed by atoms with van der Waals surface area (Å²) in [4.78, 5) is 12.1. The minimum absolute atomic E-state index is 0.313. The first-order valence-corrected chi connectivity index (χ1v) is 7.50. The predicted octanol–water partition coefficient (Wildman–Crippen LogP) is 3.74. The van der Waals surface area contributed by atoms with E-state index < -0.39 is 0 Å². The molecule has 22 heavy (non-hydrogen) atoms. The molecule has 0 fully saturated rings. The molecule has 0 radical (unpaired) electrons. The van der Waals surface area contributed by atoms with Gasteiger partial charge in [-0.1, -0.05) is 24.3 Å². The molecule has 2 aromatic rings. The van der Waals surface area contributed by atoms with Crippen molar-refractivity contribution in [2.24, 2.45) is 0 Å². The molecular weight excluding hydrogens is 280 g/mol. The van der Waals surface area contributed by atoms with Crippen molar-refractivity contribution in [2.45, 2.75) is 20.3 Å². The number of carbonyl (C=O) groups is 1. The molecule has 0 unspecified atom stereocenters. The molecule has 0 aromatic heterocycles. The largest absolute Gasteiger partial charge is 0.493 e. The van der Waals surface area contributed by atoms with E-state index in [0.29, 0.717) is 31.1 Å². The van der Waals surface area contributed by atoms with E-state index in [9.17, 15) is 4.79 Å². The Morgan fingerprint density at radius 1 is 1.14 bits per heavy atom. The van der Waals surface area contributed by atoms with Crippen LogP contribution in [0, 0.1) is 6.92 Å². The number of rotatable bonds is 7. The minimum atomic E-state index is -0.313. The van der Waals surface area contributed by atoms with Crippen LogP contribution in [0.25, 0.3) is 10.8 Å². The number of hydrogen-bond donors (Lipinski definition) is 0. The summed E-state index contributed by atoms with van der Waals surface area (Å²) in [6.07, 6.45) is 0.799. The van der Waals surface area contributed by atoms with E-state index in [0.717, 1.165) is 22.8 Å². The topological polar surface area (TPSA) is 44.8 Å². The molecule has 0 aliphatic carbocycles. The molecule has 2 rings (SSSR count). The molecular formula is C18H22O4. The van der Waals surface area contributed by atoms with Crippen molar-refractivity contribution >= 4 is 16.7 Å². The van der Waals surface area contributed by atoms with Crippen molar-refractivity contribution in [1.29, 1.82) is 0 Å². The maximum absolute atomic E-state index is 12.1. The van der Waals surface area contributed by atoms with E-state index in [-0.39, 0.29) is 5.97 Å². The summed E-state index contributed by atoms with van der Waals surface area (Å²) < 4.78 is 16.0. The van der Waals surface area contributed by atoms with Gasteiger partial charge >= 0.3 is 5.97 Å². The summed E-state index contributed by atoms with van der Waals surface area (Å²) in [6.45, 7) is 5.28. The van der Waals surface area contributed by atoms with Crippen LogP contribution in [0.5, 0.6) is 5.75 Å². The lowest BCUT2D eigenvalue weighted by Gasteiger charge is -2.14. The van der Waals surface area contributed by atoms with E-state index in [1.807, 2.05) is 31.2 Å². The van der Waals surface area contributed by atoms with Crippen LogP contribution in [0.4, 0.5) is 0 Å². The second kappa shape index (κ2) is 7.80. The highest BCUT2D eigenvalue weighted by Crippen LogP contribution is 2.31. The van der Waals surface area contributed by atoms with Crippen molar-refractivity contribution in [3.8, 4) is 5.75 Å². The maximum atomic E-state index is 12.1. The van der Waals surface area contributed by atoms with Crippen molar-refractivity contribution in [3.63, 3.8) is 0 Å². The molecule has 0 saturated carbocycles. The Balaban J connectivity index is 2.40. The Bertz CT molecular complexity index is 649. The predicted molar refractivity (Wildman–Crippen MR) is 86.6 cm³/mol. The smallest absolute Gasteiger partial charge is 0.338 e. The molecule has 118 valence electrons. The summed E-state index contributed by atoms with van der Waals surface area (Å²) >= 11 is 0. The SMILES string of the molecule is CCOC(=O)c1cc(OCCCOC)c2ccccc2c1C. The highest BCUT2D eigenvalue weighted by molar-refractivity contribution is 6.01. The molecule has 0 heterocycles. The van der Waals surface area contributed by atoms with Gasteiger partial charge in [0.25, 0.3) is 0 Å². The van der Waals surface area contributed by atoms with Gasteiger partial charge in [0.2, 0.25) is 0 Å². The number of carbonyl (C=O) groups excluding carboxylic acids is 1. The summed E-state index contributed by atoms with van der Waals surface area (Å²) in [5.41, 5.74) is 1.47. The van der Waals surface area contributed by atoms with Crippen molar-refractivity contribution in [2.75, 3.05) is 26.9 Å². The molecule has 0 saturated heterocycles. The number of fused-ring (bicyclic) bond motifs is 1. The molecule has 4 nitrogen and oxygen atoms in total. The van der Waals surface area contributed by atoms with Crippen LogP contribution in [-0.2, 0) is 9.47 Å². The summed E-state index contributed by atoms with van der Waals surface area (Å²) in [7, 11) is 1.67. The normalized spacial score (nSPS) is 10.7. The van der Waals surface area contributed by atoms with Gasteiger partial charge in [-0.25, -0.2) is 4.79 Å². The van der Waals surface area contributed by atoms with Crippen LogP contribution in [0.2, 0.25) is 0 Å². The zero-order valence-electron chi connectivity index (χ0n) is 13.3. The molecule has 4 heteroatoms. The number of methoxy groups -OCH3 is 1. The lowest BCUT2D eigenvalue weighted by Crippen LogP contribution is -2.09. The first kappa shape index (κ1) is 16.3. The number of benzene rings is 2. The van der Waals surface area contributed by atoms with Crippen molar-refractivity contribution < 1.29 is 19.0 Å². The second-order valence-electron chi connectivity index (χ2n) is 5.01. The van der Waals surface area contributed by atoms with Crippen LogP contribution in [0.3, 0.4) is 0 Å². The van der Waals surface area contributed by atoms with Crippen molar-refractivity contribution in [1.82, 2.24) is 0 Å². The molecule has 0 N–H and O–H groups in total. The number of ether oxygens (including phenoxy) is 3. The third-order valence-corrected chi connectivity index (χ3v) is 3.52. The monoisotopic (exact) mass is 302 g/mol. The number of esters is 1. The average molecular weight is 302 g/mol. The van der Waals surface area contributed by atoms with Gasteiger partial charge in [0, 0.05) is 25.5 Å². The first-order valence-electron chi connectivity index (χ1n) is 7.50. The lowest BCUT2D eigenvalue weighted by atomic mass is 9.99. The molecule has 0 bridgehead atoms. The number of aryl methyl sites for hydroxylation is 1. The Morgan fingerprint density at radius 2 is 1.86 bits per heavy atom. The lowest BCUT2D eigenvalue weighted by molar-refractivity contribution is 0.0525. The van der Waals surface area contributed by atoms with Gasteiger partial charge < -0.3 is 14.2 Å². The zero-order chi connectivity index (χ0) is 15.9. The van der Waals surface area contributed by atoms with E-state index in [1.54, 1.807) is 20.1 Å². The molecule has 0 spiro atoms.